The summed E-state index contributed by atoms with van der Waals surface area (Å²) < 4.78 is 0. The molecule has 0 heterocycles. The van der Waals surface area contributed by atoms with Crippen molar-refractivity contribution in [1.29, 1.82) is 0 Å². The smallest absolute Gasteiger partial charge is 0.243 e. The van der Waals surface area contributed by atoms with Crippen molar-refractivity contribution >= 4 is 24.0 Å². The van der Waals surface area contributed by atoms with Crippen molar-refractivity contribution in [3.63, 3.8) is 0 Å². The fourth-order valence-electron chi connectivity index (χ4n) is 1.68. The summed E-state index contributed by atoms with van der Waals surface area (Å²) in [7, 11) is 0. The van der Waals surface area contributed by atoms with Crippen LogP contribution in [0.4, 0.5) is 0 Å². The van der Waals surface area contributed by atoms with Gasteiger partial charge in [-0.3, -0.25) is 14.4 Å². The van der Waals surface area contributed by atoms with Crippen LogP contribution in [0, 0.1) is 0 Å². The van der Waals surface area contributed by atoms with Gasteiger partial charge in [-0.2, -0.15) is 0 Å². The fraction of sp³-hybridized carbons (Fsp3) is 0.571. The van der Waals surface area contributed by atoms with Gasteiger partial charge in [0.2, 0.25) is 17.7 Å². The fourth-order valence-corrected chi connectivity index (χ4v) is 1.68. The van der Waals surface area contributed by atoms with Gasteiger partial charge in [-0.15, -0.1) is 0 Å². The highest BCUT2D eigenvalue weighted by Crippen LogP contribution is 2.02. The number of hydrogen-bond acceptors (Lipinski definition) is 6. The molecule has 3 atom stereocenters. The Morgan fingerprint density at radius 1 is 1.17 bits per heavy atom. The van der Waals surface area contributed by atoms with Crippen molar-refractivity contribution in [3.05, 3.63) is 12.3 Å². The Labute approximate surface area is 134 Å². The van der Waals surface area contributed by atoms with Gasteiger partial charge in [0, 0.05) is 6.42 Å². The van der Waals surface area contributed by atoms with Crippen molar-refractivity contribution in [2.45, 2.75) is 44.8 Å². The molecule has 0 fully saturated rings. The average molecular weight is 328 g/mol. The summed E-state index contributed by atoms with van der Waals surface area (Å²) in [4.78, 5) is 46.0. The van der Waals surface area contributed by atoms with Gasteiger partial charge in [0.15, 0.2) is 0 Å². The number of rotatable bonds is 10. The van der Waals surface area contributed by atoms with Gasteiger partial charge >= 0.3 is 0 Å². The molecule has 9 heteroatoms. The summed E-state index contributed by atoms with van der Waals surface area (Å²) in [5, 5.41) is 16.5. The lowest BCUT2D eigenvalue weighted by Gasteiger charge is -2.22. The average Bonchev–Trinajstić information content (AvgIpc) is 2.50. The Balaban J connectivity index is 4.95. The molecule has 0 saturated carbocycles. The number of aldehydes is 1. The molecule has 0 aliphatic carbocycles. The molecule has 0 saturated heterocycles. The lowest BCUT2D eigenvalue weighted by atomic mass is 10.1. The minimum absolute atomic E-state index is 0.218. The zero-order valence-electron chi connectivity index (χ0n) is 13.3. The molecule has 0 aromatic carbocycles. The second-order valence-electron chi connectivity index (χ2n) is 5.00. The molecule has 0 radical (unpaired) electrons. The third kappa shape index (κ3) is 7.96. The monoisotopic (exact) mass is 328 g/mol. The number of hydrogen-bond donors (Lipinski definition) is 5. The molecule has 0 rings (SSSR count). The molecular weight excluding hydrogens is 304 g/mol. The van der Waals surface area contributed by atoms with E-state index in [0.29, 0.717) is 6.29 Å². The van der Waals surface area contributed by atoms with Gasteiger partial charge in [0.25, 0.3) is 0 Å². The normalized spacial score (nSPS) is 14.0. The topological polar surface area (TPSA) is 151 Å². The van der Waals surface area contributed by atoms with Gasteiger partial charge in [0.05, 0.1) is 18.3 Å². The first-order valence-electron chi connectivity index (χ1n) is 7.17. The summed E-state index contributed by atoms with van der Waals surface area (Å²) in [6.45, 7) is 6.16. The second-order valence-corrected chi connectivity index (χ2v) is 5.00. The highest BCUT2D eigenvalue weighted by atomic mass is 16.3. The Kier molecular flexibility index (Phi) is 9.24. The highest BCUT2D eigenvalue weighted by Gasteiger charge is 2.26. The highest BCUT2D eigenvalue weighted by molar-refractivity contribution is 5.93. The number of aliphatic hydroxyl groups excluding tert-OH is 1. The first-order valence-corrected chi connectivity index (χ1v) is 7.17. The van der Waals surface area contributed by atoms with Crippen molar-refractivity contribution < 1.29 is 24.3 Å². The van der Waals surface area contributed by atoms with Crippen LogP contribution in [0.2, 0.25) is 0 Å². The lowest BCUT2D eigenvalue weighted by molar-refractivity contribution is -0.132. The molecule has 0 aromatic rings. The maximum Gasteiger partial charge on any atom is 0.243 e. The number of nitrogens with one attached hydrogen (secondary N) is 3. The van der Waals surface area contributed by atoms with Crippen molar-refractivity contribution in [3.8, 4) is 0 Å². The number of nitrogens with two attached hydrogens (primary N) is 1. The Morgan fingerprint density at radius 2 is 1.74 bits per heavy atom. The molecule has 130 valence electrons. The lowest BCUT2D eigenvalue weighted by Crippen LogP contribution is -2.55. The molecule has 6 N–H and O–H groups in total. The zero-order valence-corrected chi connectivity index (χ0v) is 13.3. The third-order valence-electron chi connectivity index (χ3n) is 2.89. The van der Waals surface area contributed by atoms with Crippen LogP contribution in [-0.2, 0) is 19.2 Å². The van der Waals surface area contributed by atoms with E-state index in [0.717, 1.165) is 0 Å². The molecule has 0 bridgehead atoms. The molecule has 0 aliphatic heterocycles. The van der Waals surface area contributed by atoms with E-state index in [1.165, 1.54) is 6.92 Å². The zero-order chi connectivity index (χ0) is 18.0. The number of aliphatic hydroxyl groups is 1. The molecule has 0 aliphatic rings. The summed E-state index contributed by atoms with van der Waals surface area (Å²) in [6, 6.07) is -2.73. The Bertz CT molecular complexity index is 466. The van der Waals surface area contributed by atoms with Crippen LogP contribution >= 0.6 is 0 Å². The van der Waals surface area contributed by atoms with E-state index in [-0.39, 0.29) is 25.1 Å². The maximum atomic E-state index is 12.1. The van der Waals surface area contributed by atoms with E-state index in [9.17, 15) is 24.3 Å². The van der Waals surface area contributed by atoms with Gasteiger partial charge in [-0.25, -0.2) is 0 Å². The predicted molar refractivity (Wildman–Crippen MR) is 83.3 cm³/mol. The molecule has 23 heavy (non-hydrogen) atoms. The SMILES string of the molecule is C=C(O)CC(NC(=O)[C@H](CC)NC(=O)CN)C(=O)N[C@@H](C)C=O. The van der Waals surface area contributed by atoms with E-state index in [2.05, 4.69) is 22.5 Å². The summed E-state index contributed by atoms with van der Waals surface area (Å²) in [5.41, 5.74) is 5.18. The minimum atomic E-state index is -1.12. The Hall–Kier alpha value is -2.42. The van der Waals surface area contributed by atoms with E-state index < -0.39 is 35.8 Å². The molecule has 3 amide bonds. The van der Waals surface area contributed by atoms with Crippen molar-refractivity contribution in [2.75, 3.05) is 6.54 Å². The molecule has 0 aromatic heterocycles. The van der Waals surface area contributed by atoms with Crippen LogP contribution in [0.1, 0.15) is 26.7 Å². The van der Waals surface area contributed by atoms with Crippen LogP contribution in [0.15, 0.2) is 12.3 Å². The van der Waals surface area contributed by atoms with Crippen molar-refractivity contribution in [1.82, 2.24) is 16.0 Å². The summed E-state index contributed by atoms with van der Waals surface area (Å²) in [5.74, 6) is -2.06. The minimum Gasteiger partial charge on any atom is -0.513 e. The first kappa shape index (κ1) is 20.6. The predicted octanol–water partition coefficient (Wildman–Crippen LogP) is -1.51. The summed E-state index contributed by atoms with van der Waals surface area (Å²) in [6.07, 6.45) is 0.599. The number of carbonyl (C=O) groups is 4. The summed E-state index contributed by atoms with van der Waals surface area (Å²) >= 11 is 0. The van der Waals surface area contributed by atoms with Gasteiger partial charge in [-0.05, 0) is 13.3 Å². The van der Waals surface area contributed by atoms with E-state index in [1.54, 1.807) is 6.92 Å². The van der Waals surface area contributed by atoms with Gasteiger partial charge in [-0.1, -0.05) is 13.5 Å². The molecule has 0 spiro atoms. The number of carbonyl (C=O) groups excluding carboxylic acids is 4. The van der Waals surface area contributed by atoms with E-state index >= 15 is 0 Å². The van der Waals surface area contributed by atoms with Crippen LogP contribution in [0.25, 0.3) is 0 Å². The van der Waals surface area contributed by atoms with Crippen LogP contribution in [0.5, 0.6) is 0 Å². The van der Waals surface area contributed by atoms with Crippen molar-refractivity contribution in [2.24, 2.45) is 5.73 Å². The van der Waals surface area contributed by atoms with Gasteiger partial charge in [0.1, 0.15) is 18.4 Å². The van der Waals surface area contributed by atoms with E-state index in [4.69, 9.17) is 5.73 Å². The molecule has 1 unspecified atom stereocenters. The third-order valence-corrected chi connectivity index (χ3v) is 2.89. The van der Waals surface area contributed by atoms with Crippen LogP contribution < -0.4 is 21.7 Å². The molecule has 9 nitrogen and oxygen atoms in total. The maximum absolute atomic E-state index is 12.1. The number of amides is 3. The Morgan fingerprint density at radius 3 is 2.17 bits per heavy atom. The largest absolute Gasteiger partial charge is 0.513 e. The van der Waals surface area contributed by atoms with E-state index in [1.807, 2.05) is 0 Å². The first-order chi connectivity index (χ1) is 10.7. The standard InChI is InChI=1S/C14H24N4O5/c1-4-10(17-12(21)6-15)13(22)18-11(5-9(3)20)14(23)16-8(2)7-19/h7-8,10-11,20H,3-6,15H2,1-2H3,(H,16,23)(H,17,21)(H,18,22)/t8-,10-,11?/m0/s1. The van der Waals surface area contributed by atoms with Crippen LogP contribution in [0.3, 0.4) is 0 Å². The molecular formula is C14H24N4O5. The quantitative estimate of drug-likeness (QED) is 0.243. The van der Waals surface area contributed by atoms with Crippen LogP contribution in [-0.4, -0.2) is 53.8 Å². The second kappa shape index (κ2) is 10.3. The van der Waals surface area contributed by atoms with Gasteiger partial charge < -0.3 is 31.6 Å².